The molecule has 2 unspecified atom stereocenters. The number of alkyl halides is 2. The lowest BCUT2D eigenvalue weighted by Crippen LogP contribution is -2.35. The predicted octanol–water partition coefficient (Wildman–Crippen LogP) is 2.15. The lowest BCUT2D eigenvalue weighted by atomic mass is 9.87. The topological polar surface area (TPSA) is 87.1 Å². The number of anilines is 1. The Labute approximate surface area is 118 Å². The van der Waals surface area contributed by atoms with Crippen LogP contribution in [0.25, 0.3) is 0 Å². The zero-order chi connectivity index (χ0) is 14.5. The van der Waals surface area contributed by atoms with Crippen LogP contribution in [0.5, 0.6) is 0 Å². The average Bonchev–Trinajstić information content (AvgIpc) is 2.85. The second-order valence-corrected chi connectivity index (χ2v) is 5.78. The number of nitrogens with one attached hydrogen (secondary N) is 2. The van der Waals surface area contributed by atoms with E-state index in [4.69, 9.17) is 0 Å². The van der Waals surface area contributed by atoms with Gasteiger partial charge in [-0.25, -0.2) is 13.6 Å². The van der Waals surface area contributed by atoms with E-state index in [1.807, 2.05) is 0 Å². The summed E-state index contributed by atoms with van der Waals surface area (Å²) >= 11 is 0.647. The van der Waals surface area contributed by atoms with Gasteiger partial charge in [0.2, 0.25) is 5.13 Å². The predicted molar refractivity (Wildman–Crippen MR) is 69.9 cm³/mol. The van der Waals surface area contributed by atoms with E-state index in [0.29, 0.717) is 24.3 Å². The normalized spacial score (nSPS) is 22.8. The number of amides is 2. The molecule has 0 aromatic carbocycles. The minimum Gasteiger partial charge on any atom is -0.393 e. The summed E-state index contributed by atoms with van der Waals surface area (Å²) in [5.74, 6) is 0.246. The molecule has 0 spiro atoms. The van der Waals surface area contributed by atoms with E-state index < -0.39 is 17.5 Å². The molecule has 2 amide bonds. The largest absolute Gasteiger partial charge is 0.393 e. The lowest BCUT2D eigenvalue weighted by Gasteiger charge is -2.25. The Hall–Kier alpha value is -1.35. The molecule has 20 heavy (non-hydrogen) atoms. The molecule has 1 aliphatic carbocycles. The molecule has 1 heterocycles. The molecule has 1 aromatic rings. The maximum Gasteiger partial charge on any atom is 0.321 e. The second kappa shape index (κ2) is 6.89. The van der Waals surface area contributed by atoms with Gasteiger partial charge in [-0.2, -0.15) is 0 Å². The summed E-state index contributed by atoms with van der Waals surface area (Å²) in [6, 6.07) is -0.498. The van der Waals surface area contributed by atoms with Crippen molar-refractivity contribution in [2.75, 3.05) is 11.9 Å². The van der Waals surface area contributed by atoms with Gasteiger partial charge in [-0.3, -0.25) is 5.32 Å². The lowest BCUT2D eigenvalue weighted by molar-refractivity contribution is 0.101. The van der Waals surface area contributed by atoms with Crippen molar-refractivity contribution in [2.24, 2.45) is 5.92 Å². The van der Waals surface area contributed by atoms with Gasteiger partial charge < -0.3 is 10.4 Å². The van der Waals surface area contributed by atoms with Gasteiger partial charge >= 0.3 is 6.03 Å². The summed E-state index contributed by atoms with van der Waals surface area (Å²) in [6.07, 6.45) is 0.415. The van der Waals surface area contributed by atoms with Crippen LogP contribution < -0.4 is 10.6 Å². The van der Waals surface area contributed by atoms with Crippen LogP contribution in [0.4, 0.5) is 18.7 Å². The Kier molecular flexibility index (Phi) is 5.18. The van der Waals surface area contributed by atoms with E-state index >= 15 is 0 Å². The molecular formula is C11H16F2N4O2S. The summed E-state index contributed by atoms with van der Waals surface area (Å²) in [4.78, 5) is 11.6. The zero-order valence-corrected chi connectivity index (χ0v) is 11.5. The molecule has 0 radical (unpaired) electrons. The fourth-order valence-electron chi connectivity index (χ4n) is 2.20. The van der Waals surface area contributed by atoms with E-state index in [2.05, 4.69) is 20.8 Å². The van der Waals surface area contributed by atoms with Crippen LogP contribution in [-0.4, -0.2) is 34.0 Å². The number of hydrogen-bond acceptors (Lipinski definition) is 5. The molecule has 112 valence electrons. The second-order valence-electron chi connectivity index (χ2n) is 4.77. The SMILES string of the molecule is O=C(NCC1CCCC(O)C1)Nc1nnc(C(F)F)s1. The molecule has 1 aliphatic rings. The van der Waals surface area contributed by atoms with Gasteiger partial charge in [-0.15, -0.1) is 10.2 Å². The Morgan fingerprint density at radius 1 is 1.45 bits per heavy atom. The minimum absolute atomic E-state index is 0.0430. The molecule has 1 fully saturated rings. The average molecular weight is 306 g/mol. The van der Waals surface area contributed by atoms with Gasteiger partial charge in [-0.1, -0.05) is 17.8 Å². The van der Waals surface area contributed by atoms with E-state index in [-0.39, 0.29) is 17.2 Å². The number of rotatable bonds is 4. The van der Waals surface area contributed by atoms with Gasteiger partial charge in [0.1, 0.15) is 0 Å². The van der Waals surface area contributed by atoms with Gasteiger partial charge in [0.05, 0.1) is 6.10 Å². The van der Waals surface area contributed by atoms with Gasteiger partial charge in [0.25, 0.3) is 6.43 Å². The van der Waals surface area contributed by atoms with Gasteiger partial charge in [0.15, 0.2) is 5.01 Å². The molecule has 1 aromatic heterocycles. The third kappa shape index (κ3) is 4.34. The Balaban J connectivity index is 1.74. The van der Waals surface area contributed by atoms with E-state index in [0.717, 1.165) is 19.3 Å². The highest BCUT2D eigenvalue weighted by molar-refractivity contribution is 7.15. The van der Waals surface area contributed by atoms with Crippen molar-refractivity contribution >= 4 is 22.5 Å². The first kappa shape index (κ1) is 15.0. The highest BCUT2D eigenvalue weighted by atomic mass is 32.1. The first-order valence-corrected chi connectivity index (χ1v) is 7.20. The van der Waals surface area contributed by atoms with Crippen molar-refractivity contribution in [2.45, 2.75) is 38.2 Å². The highest BCUT2D eigenvalue weighted by Crippen LogP contribution is 2.25. The summed E-state index contributed by atoms with van der Waals surface area (Å²) < 4.78 is 24.6. The molecule has 9 heteroatoms. The zero-order valence-electron chi connectivity index (χ0n) is 10.7. The number of halogens is 2. The number of aliphatic hydroxyl groups excluding tert-OH is 1. The van der Waals surface area contributed by atoms with E-state index in [9.17, 15) is 18.7 Å². The van der Waals surface area contributed by atoms with Crippen molar-refractivity contribution in [3.63, 3.8) is 0 Å². The number of carbonyl (C=O) groups is 1. The van der Waals surface area contributed by atoms with E-state index in [1.54, 1.807) is 0 Å². The van der Waals surface area contributed by atoms with Crippen molar-refractivity contribution in [3.05, 3.63) is 5.01 Å². The first-order chi connectivity index (χ1) is 9.54. The molecule has 2 rings (SSSR count). The molecule has 0 aliphatic heterocycles. The maximum absolute atomic E-state index is 12.3. The van der Waals surface area contributed by atoms with Gasteiger partial charge in [-0.05, 0) is 25.2 Å². The number of aromatic nitrogens is 2. The van der Waals surface area contributed by atoms with Crippen molar-refractivity contribution in [3.8, 4) is 0 Å². The number of carbonyl (C=O) groups excluding carboxylic acids is 1. The molecule has 6 nitrogen and oxygen atoms in total. The molecule has 1 saturated carbocycles. The number of aliphatic hydroxyl groups is 1. The Morgan fingerprint density at radius 3 is 2.90 bits per heavy atom. The van der Waals surface area contributed by atoms with Crippen LogP contribution in [0, 0.1) is 5.92 Å². The number of urea groups is 1. The van der Waals surface area contributed by atoms with E-state index in [1.165, 1.54) is 0 Å². The van der Waals surface area contributed by atoms with Crippen LogP contribution >= 0.6 is 11.3 Å². The van der Waals surface area contributed by atoms with Crippen molar-refractivity contribution in [1.29, 1.82) is 0 Å². The molecule has 3 N–H and O–H groups in total. The van der Waals surface area contributed by atoms with Crippen LogP contribution in [-0.2, 0) is 0 Å². The first-order valence-electron chi connectivity index (χ1n) is 6.39. The third-order valence-corrected chi connectivity index (χ3v) is 4.00. The Bertz CT molecular complexity index is 457. The maximum atomic E-state index is 12.3. The van der Waals surface area contributed by atoms with Crippen LogP contribution in [0.15, 0.2) is 0 Å². The standard InChI is InChI=1S/C11H16F2N4O2S/c12-8(13)9-16-17-11(20-9)15-10(19)14-5-6-2-1-3-7(18)4-6/h6-8,18H,1-5H2,(H2,14,15,17,19). The minimum atomic E-state index is -2.69. The van der Waals surface area contributed by atoms with Gasteiger partial charge in [0, 0.05) is 6.54 Å². The molecule has 2 atom stereocenters. The smallest absolute Gasteiger partial charge is 0.321 e. The number of nitrogens with zero attached hydrogens (tertiary/aromatic N) is 2. The molecule has 0 saturated heterocycles. The van der Waals surface area contributed by atoms with Crippen LogP contribution in [0.2, 0.25) is 0 Å². The quantitative estimate of drug-likeness (QED) is 0.795. The molecule has 0 bridgehead atoms. The highest BCUT2D eigenvalue weighted by Gasteiger charge is 2.21. The van der Waals surface area contributed by atoms with Crippen LogP contribution in [0.3, 0.4) is 0 Å². The van der Waals surface area contributed by atoms with Crippen molar-refractivity contribution < 1.29 is 18.7 Å². The summed E-state index contributed by atoms with van der Waals surface area (Å²) in [5.41, 5.74) is 0. The monoisotopic (exact) mass is 306 g/mol. The Morgan fingerprint density at radius 2 is 2.25 bits per heavy atom. The summed E-state index contributed by atoms with van der Waals surface area (Å²) in [6.45, 7) is 0.448. The fourth-order valence-corrected chi connectivity index (χ4v) is 2.79. The van der Waals surface area contributed by atoms with Crippen molar-refractivity contribution in [1.82, 2.24) is 15.5 Å². The summed E-state index contributed by atoms with van der Waals surface area (Å²) in [5, 5.41) is 20.9. The fraction of sp³-hybridized carbons (Fsp3) is 0.727. The van der Waals surface area contributed by atoms with Crippen LogP contribution in [0.1, 0.15) is 37.1 Å². The number of hydrogen-bond donors (Lipinski definition) is 3. The molecular weight excluding hydrogens is 290 g/mol. The third-order valence-electron chi connectivity index (χ3n) is 3.15. The summed E-state index contributed by atoms with van der Waals surface area (Å²) in [7, 11) is 0.